The number of piperidine rings is 1. The summed E-state index contributed by atoms with van der Waals surface area (Å²) in [5, 5.41) is 6.59. The highest BCUT2D eigenvalue weighted by molar-refractivity contribution is 6.34. The highest BCUT2D eigenvalue weighted by Crippen LogP contribution is 2.55. The van der Waals surface area contributed by atoms with Crippen LogP contribution in [0.15, 0.2) is 42.5 Å². The Labute approximate surface area is 236 Å². The highest BCUT2D eigenvalue weighted by atomic mass is 35.5. The Kier molecular flexibility index (Phi) is 6.07. The number of hydrogen-bond donors (Lipinski definition) is 3. The molecule has 0 saturated carbocycles. The summed E-state index contributed by atoms with van der Waals surface area (Å²) in [5.41, 5.74) is 6.64. The van der Waals surface area contributed by atoms with Gasteiger partial charge in [-0.05, 0) is 56.9 Å². The van der Waals surface area contributed by atoms with Gasteiger partial charge < -0.3 is 25.8 Å². The maximum atomic E-state index is 16.6. The third kappa shape index (κ3) is 3.69. The summed E-state index contributed by atoms with van der Waals surface area (Å²) in [6.45, 7) is 2.66. The number of carbonyl (C=O) groups excluding carboxylic acids is 1. The lowest BCUT2D eigenvalue weighted by Crippen LogP contribution is -2.48. The van der Waals surface area contributed by atoms with Crippen LogP contribution in [0.3, 0.4) is 0 Å². The zero-order valence-corrected chi connectivity index (χ0v) is 22.7. The second kappa shape index (κ2) is 9.43. The van der Waals surface area contributed by atoms with Gasteiger partial charge in [-0.2, -0.15) is 0 Å². The van der Waals surface area contributed by atoms with E-state index in [1.54, 1.807) is 6.07 Å². The average molecular weight is 566 g/mol. The van der Waals surface area contributed by atoms with Crippen LogP contribution in [-0.4, -0.2) is 38.2 Å². The summed E-state index contributed by atoms with van der Waals surface area (Å²) in [5.74, 6) is -1.95. The lowest BCUT2D eigenvalue weighted by Gasteiger charge is -2.35. The molecule has 6 nitrogen and oxygen atoms in total. The van der Waals surface area contributed by atoms with Gasteiger partial charge in [-0.3, -0.25) is 4.79 Å². The number of fused-ring (bicyclic) bond motifs is 3. The SMILES string of the molecule is NC(=O)c1cc2c(c(F)c1-c1c(Cl)c(F)cc3c1C[C@](c1ccccc1)([C@@H]1CCCN1)O3)OCC21CCNCC1. The summed E-state index contributed by atoms with van der Waals surface area (Å²) >= 11 is 6.64. The molecule has 2 fully saturated rings. The minimum Gasteiger partial charge on any atom is -0.489 e. The Morgan fingerprint density at radius 3 is 2.55 bits per heavy atom. The number of primary amides is 1. The van der Waals surface area contributed by atoms with Crippen molar-refractivity contribution in [1.82, 2.24) is 10.6 Å². The van der Waals surface area contributed by atoms with E-state index < -0.39 is 28.6 Å². The van der Waals surface area contributed by atoms with Crippen LogP contribution in [0.2, 0.25) is 5.02 Å². The molecule has 3 aromatic carbocycles. The van der Waals surface area contributed by atoms with Crippen LogP contribution in [0, 0.1) is 11.6 Å². The van der Waals surface area contributed by atoms with E-state index in [0.29, 0.717) is 24.2 Å². The molecule has 7 rings (SSSR count). The molecular formula is C31H30ClF2N3O3. The van der Waals surface area contributed by atoms with Gasteiger partial charge in [0.2, 0.25) is 5.91 Å². The van der Waals surface area contributed by atoms with Crippen molar-refractivity contribution in [2.75, 3.05) is 26.2 Å². The van der Waals surface area contributed by atoms with E-state index in [1.807, 2.05) is 30.3 Å². The molecule has 1 amide bonds. The smallest absolute Gasteiger partial charge is 0.249 e. The lowest BCUT2D eigenvalue weighted by molar-refractivity contribution is 0.0539. The molecule has 0 unspecified atom stereocenters. The largest absolute Gasteiger partial charge is 0.489 e. The summed E-state index contributed by atoms with van der Waals surface area (Å²) in [6.07, 6.45) is 3.63. The fourth-order valence-corrected chi connectivity index (χ4v) is 7.50. The maximum absolute atomic E-state index is 16.6. The zero-order chi connectivity index (χ0) is 27.6. The van der Waals surface area contributed by atoms with Crippen molar-refractivity contribution in [3.8, 4) is 22.6 Å². The van der Waals surface area contributed by atoms with Crippen molar-refractivity contribution in [2.45, 2.75) is 49.2 Å². The van der Waals surface area contributed by atoms with Crippen molar-refractivity contribution < 1.29 is 23.0 Å². The van der Waals surface area contributed by atoms with E-state index in [2.05, 4.69) is 10.6 Å². The number of rotatable bonds is 4. The summed E-state index contributed by atoms with van der Waals surface area (Å²) in [7, 11) is 0. The van der Waals surface area contributed by atoms with Crippen LogP contribution in [0.1, 0.15) is 52.7 Å². The summed E-state index contributed by atoms with van der Waals surface area (Å²) in [4.78, 5) is 12.9. The predicted molar refractivity (Wildman–Crippen MR) is 148 cm³/mol. The molecule has 40 heavy (non-hydrogen) atoms. The van der Waals surface area contributed by atoms with Crippen LogP contribution in [0.4, 0.5) is 8.78 Å². The number of amides is 1. The molecule has 1 spiro atoms. The van der Waals surface area contributed by atoms with Gasteiger partial charge in [-0.1, -0.05) is 41.9 Å². The van der Waals surface area contributed by atoms with Crippen molar-refractivity contribution >= 4 is 17.5 Å². The molecule has 3 aromatic rings. The third-order valence-corrected chi connectivity index (χ3v) is 9.63. The molecule has 4 heterocycles. The standard InChI is InChI=1S/C31H30ClF2N3O3/c32-26-21(33)14-22-19(15-31(40-22,23-7-4-10-37-23)17-5-2-1-3-6-17)24(26)25-18(29(35)38)13-20-28(27(25)34)39-16-30(20)8-11-36-12-9-30/h1-3,5-6,13-14,23,36-37H,4,7-12,15-16H2,(H2,35,38)/t23-,31-/m0/s1. The minimum atomic E-state index is -0.859. The Hall–Kier alpha value is -3.20. The lowest BCUT2D eigenvalue weighted by atomic mass is 9.73. The first-order valence-electron chi connectivity index (χ1n) is 13.8. The van der Waals surface area contributed by atoms with Crippen LogP contribution in [0.5, 0.6) is 11.5 Å². The monoisotopic (exact) mass is 565 g/mol. The number of halogens is 3. The highest BCUT2D eigenvalue weighted by Gasteiger charge is 2.51. The Bertz CT molecular complexity index is 1520. The van der Waals surface area contributed by atoms with Crippen LogP contribution in [0.25, 0.3) is 11.1 Å². The van der Waals surface area contributed by atoms with Gasteiger partial charge in [0.1, 0.15) is 11.6 Å². The van der Waals surface area contributed by atoms with Crippen molar-refractivity contribution in [3.63, 3.8) is 0 Å². The second-order valence-corrected chi connectivity index (χ2v) is 11.8. The van der Waals surface area contributed by atoms with Gasteiger partial charge in [0.15, 0.2) is 17.2 Å². The first kappa shape index (κ1) is 25.7. The quantitative estimate of drug-likeness (QED) is 0.415. The number of benzene rings is 3. The van der Waals surface area contributed by atoms with Gasteiger partial charge in [0.25, 0.3) is 0 Å². The average Bonchev–Trinajstić information content (AvgIpc) is 3.70. The number of nitrogens with one attached hydrogen (secondary N) is 2. The molecule has 208 valence electrons. The molecule has 4 aliphatic rings. The Balaban J connectivity index is 1.44. The van der Waals surface area contributed by atoms with Crippen LogP contribution >= 0.6 is 11.6 Å². The fourth-order valence-electron chi connectivity index (χ4n) is 7.24. The maximum Gasteiger partial charge on any atom is 0.249 e. The molecule has 0 bridgehead atoms. The molecule has 0 radical (unpaired) electrons. The number of nitrogens with two attached hydrogens (primary N) is 1. The molecule has 4 aliphatic heterocycles. The van der Waals surface area contributed by atoms with Crippen LogP contribution < -0.4 is 25.8 Å². The first-order valence-corrected chi connectivity index (χ1v) is 14.2. The number of ether oxygens (including phenoxy) is 2. The fraction of sp³-hybridized carbons (Fsp3) is 0.387. The normalized spacial score (nSPS) is 24.4. The predicted octanol–water partition coefficient (Wildman–Crippen LogP) is 4.98. The minimum absolute atomic E-state index is 0.0365. The molecular weight excluding hydrogens is 536 g/mol. The van der Waals surface area contributed by atoms with Crippen molar-refractivity contribution in [3.05, 3.63) is 81.4 Å². The van der Waals surface area contributed by atoms with E-state index in [4.69, 9.17) is 26.8 Å². The van der Waals surface area contributed by atoms with Crippen LogP contribution in [-0.2, 0) is 17.4 Å². The molecule has 2 saturated heterocycles. The van der Waals surface area contributed by atoms with E-state index in [9.17, 15) is 4.79 Å². The topological polar surface area (TPSA) is 85.6 Å². The molecule has 9 heteroatoms. The Morgan fingerprint density at radius 1 is 1.07 bits per heavy atom. The van der Waals surface area contributed by atoms with Gasteiger partial charge in [-0.15, -0.1) is 0 Å². The molecule has 4 N–H and O–H groups in total. The first-order chi connectivity index (χ1) is 19.3. The van der Waals surface area contributed by atoms with E-state index in [1.165, 1.54) is 6.07 Å². The van der Waals surface area contributed by atoms with Gasteiger partial charge >= 0.3 is 0 Å². The summed E-state index contributed by atoms with van der Waals surface area (Å²) in [6, 6.07) is 12.6. The Morgan fingerprint density at radius 2 is 1.85 bits per heavy atom. The second-order valence-electron chi connectivity index (χ2n) is 11.4. The van der Waals surface area contributed by atoms with Gasteiger partial charge in [-0.25, -0.2) is 8.78 Å². The summed E-state index contributed by atoms with van der Waals surface area (Å²) < 4.78 is 44.7. The van der Waals surface area contributed by atoms with Gasteiger partial charge in [0.05, 0.1) is 23.2 Å². The van der Waals surface area contributed by atoms with E-state index in [0.717, 1.165) is 50.9 Å². The van der Waals surface area contributed by atoms with E-state index >= 15 is 8.78 Å². The van der Waals surface area contributed by atoms with E-state index in [-0.39, 0.29) is 39.3 Å². The van der Waals surface area contributed by atoms with Gasteiger partial charge in [0, 0.05) is 40.2 Å². The van der Waals surface area contributed by atoms with Crippen molar-refractivity contribution in [2.24, 2.45) is 5.73 Å². The third-order valence-electron chi connectivity index (χ3n) is 9.27. The number of carbonyl (C=O) groups is 1. The van der Waals surface area contributed by atoms with Crippen molar-refractivity contribution in [1.29, 1.82) is 0 Å². The molecule has 2 atom stereocenters. The zero-order valence-electron chi connectivity index (χ0n) is 21.9. The molecule has 0 aromatic heterocycles. The number of hydrogen-bond acceptors (Lipinski definition) is 5. The molecule has 0 aliphatic carbocycles.